The highest BCUT2D eigenvalue weighted by Gasteiger charge is 2.22. The van der Waals surface area contributed by atoms with Crippen LogP contribution in [0.5, 0.6) is 17.4 Å². The molecule has 1 aliphatic carbocycles. The Balaban J connectivity index is 1.59. The summed E-state index contributed by atoms with van der Waals surface area (Å²) in [5, 5.41) is 13.2. The van der Waals surface area contributed by atoms with Gasteiger partial charge in [-0.05, 0) is 37.5 Å². The fourth-order valence-corrected chi connectivity index (χ4v) is 4.29. The van der Waals surface area contributed by atoms with Gasteiger partial charge in [-0.2, -0.15) is 4.98 Å². The van der Waals surface area contributed by atoms with Gasteiger partial charge in [0.2, 0.25) is 11.7 Å². The minimum atomic E-state index is -0.882. The lowest BCUT2D eigenvalue weighted by molar-refractivity contribution is -0.137. The highest BCUT2D eigenvalue weighted by Crippen LogP contribution is 2.40. The second-order valence-corrected chi connectivity index (χ2v) is 8.47. The first-order chi connectivity index (χ1) is 16.5. The first-order valence-corrected chi connectivity index (χ1v) is 11.5. The van der Waals surface area contributed by atoms with E-state index in [0.29, 0.717) is 52.0 Å². The molecule has 1 N–H and O–H groups in total. The van der Waals surface area contributed by atoms with Crippen LogP contribution in [-0.4, -0.2) is 47.0 Å². The van der Waals surface area contributed by atoms with Crippen LogP contribution >= 0.6 is 11.6 Å². The third-order valence-corrected chi connectivity index (χ3v) is 6.03. The van der Waals surface area contributed by atoms with Crippen molar-refractivity contribution < 1.29 is 28.6 Å². The van der Waals surface area contributed by atoms with Crippen LogP contribution in [0, 0.1) is 0 Å². The van der Waals surface area contributed by atoms with E-state index in [2.05, 4.69) is 15.1 Å². The number of aliphatic carboxylic acids is 1. The van der Waals surface area contributed by atoms with Gasteiger partial charge < -0.3 is 23.8 Å². The van der Waals surface area contributed by atoms with Crippen molar-refractivity contribution in [2.24, 2.45) is 0 Å². The van der Waals surface area contributed by atoms with Gasteiger partial charge in [-0.3, -0.25) is 4.79 Å². The van der Waals surface area contributed by atoms with Crippen molar-refractivity contribution >= 4 is 17.6 Å². The number of carbonyl (C=O) groups is 1. The zero-order valence-corrected chi connectivity index (χ0v) is 19.8. The normalized spacial score (nSPS) is 13.7. The Hall–Kier alpha value is -3.33. The van der Waals surface area contributed by atoms with E-state index in [0.717, 1.165) is 24.1 Å². The molecule has 1 aromatic carbocycles. The van der Waals surface area contributed by atoms with Crippen LogP contribution in [0.4, 0.5) is 0 Å². The molecule has 0 amide bonds. The maximum atomic E-state index is 10.7. The van der Waals surface area contributed by atoms with Crippen LogP contribution in [0.25, 0.3) is 22.8 Å². The number of hydrogen-bond acceptors (Lipinski definition) is 8. The number of carboxylic acids is 1. The Morgan fingerprint density at radius 2 is 1.91 bits per heavy atom. The number of halogens is 1. The maximum Gasteiger partial charge on any atom is 0.303 e. The molecular weight excluding hydrogens is 462 g/mol. The van der Waals surface area contributed by atoms with E-state index in [1.54, 1.807) is 25.3 Å². The summed E-state index contributed by atoms with van der Waals surface area (Å²) in [6, 6.07) is 7.11. The number of carboxylic acid groups (broad SMARTS) is 1. The lowest BCUT2D eigenvalue weighted by Gasteiger charge is -2.13. The molecule has 0 saturated heterocycles. The summed E-state index contributed by atoms with van der Waals surface area (Å²) < 4.78 is 22.0. The van der Waals surface area contributed by atoms with Gasteiger partial charge in [-0.1, -0.05) is 29.6 Å². The van der Waals surface area contributed by atoms with Gasteiger partial charge >= 0.3 is 5.97 Å². The fraction of sp³-hybridized carbons (Fsp3) is 0.417. The van der Waals surface area contributed by atoms with Crippen LogP contribution in [0.1, 0.15) is 50.1 Å². The van der Waals surface area contributed by atoms with Gasteiger partial charge in [0.25, 0.3) is 5.89 Å². The Labute approximate surface area is 202 Å². The number of pyridine rings is 1. The molecule has 1 saturated carbocycles. The first-order valence-electron chi connectivity index (χ1n) is 11.1. The van der Waals surface area contributed by atoms with E-state index in [1.807, 2.05) is 6.07 Å². The summed E-state index contributed by atoms with van der Waals surface area (Å²) in [5.74, 6) is 1.44. The lowest BCUT2D eigenvalue weighted by atomic mass is 10.0. The van der Waals surface area contributed by atoms with Crippen LogP contribution in [-0.2, 0) is 4.79 Å². The van der Waals surface area contributed by atoms with Gasteiger partial charge in [0.15, 0.2) is 11.5 Å². The monoisotopic (exact) mass is 487 g/mol. The Kier molecular flexibility index (Phi) is 7.52. The molecule has 0 bridgehead atoms. The lowest BCUT2D eigenvalue weighted by Crippen LogP contribution is -2.03. The first kappa shape index (κ1) is 23.8. The van der Waals surface area contributed by atoms with Crippen molar-refractivity contribution in [3.05, 3.63) is 35.0 Å². The van der Waals surface area contributed by atoms with E-state index >= 15 is 0 Å². The zero-order chi connectivity index (χ0) is 24.1. The molecule has 1 fully saturated rings. The van der Waals surface area contributed by atoms with Gasteiger partial charge in [-0.25, -0.2) is 4.98 Å². The summed E-state index contributed by atoms with van der Waals surface area (Å²) in [5.41, 5.74) is 2.30. The average molecular weight is 488 g/mol. The summed E-state index contributed by atoms with van der Waals surface area (Å²) in [4.78, 5) is 19.9. The van der Waals surface area contributed by atoms with Crippen molar-refractivity contribution in [2.75, 3.05) is 20.8 Å². The number of aromatic nitrogens is 3. The second-order valence-electron chi connectivity index (χ2n) is 8.06. The molecule has 9 nitrogen and oxygen atoms in total. The number of rotatable bonds is 10. The summed E-state index contributed by atoms with van der Waals surface area (Å²) in [6.45, 7) is 0.196. The predicted octanol–water partition coefficient (Wildman–Crippen LogP) is 5.37. The Morgan fingerprint density at radius 3 is 2.62 bits per heavy atom. The van der Waals surface area contributed by atoms with Gasteiger partial charge in [0.1, 0.15) is 0 Å². The van der Waals surface area contributed by atoms with Crippen molar-refractivity contribution in [3.63, 3.8) is 0 Å². The topological polar surface area (TPSA) is 117 Å². The molecule has 4 rings (SSSR count). The molecule has 0 unspecified atom stereocenters. The fourth-order valence-electron chi connectivity index (χ4n) is 4.03. The minimum absolute atomic E-state index is 0.00586. The van der Waals surface area contributed by atoms with Gasteiger partial charge in [-0.15, -0.1) is 0 Å². The Morgan fingerprint density at radius 1 is 1.12 bits per heavy atom. The van der Waals surface area contributed by atoms with Crippen molar-refractivity contribution in [1.82, 2.24) is 15.1 Å². The van der Waals surface area contributed by atoms with E-state index in [4.69, 9.17) is 35.4 Å². The van der Waals surface area contributed by atoms with Crippen molar-refractivity contribution in [1.29, 1.82) is 0 Å². The molecular formula is C24H26ClN3O6. The SMILES string of the molecule is COc1cc(-c2nc(-c3cc(Cl)c(OCCCC(=O)O)c(OC)c3)no2)cc(C2CCCC2)n1. The number of ether oxygens (including phenoxy) is 3. The van der Waals surface area contributed by atoms with Gasteiger partial charge in [0, 0.05) is 35.2 Å². The smallest absolute Gasteiger partial charge is 0.303 e. The number of methoxy groups -OCH3 is 2. The van der Waals surface area contributed by atoms with Crippen LogP contribution in [0.15, 0.2) is 28.8 Å². The highest BCUT2D eigenvalue weighted by molar-refractivity contribution is 6.32. The summed E-state index contributed by atoms with van der Waals surface area (Å²) in [6.07, 6.45) is 4.97. The van der Waals surface area contributed by atoms with E-state index < -0.39 is 5.97 Å². The quantitative estimate of drug-likeness (QED) is 0.376. The average Bonchev–Trinajstić information content (AvgIpc) is 3.54. The van der Waals surface area contributed by atoms with E-state index in [-0.39, 0.29) is 13.0 Å². The summed E-state index contributed by atoms with van der Waals surface area (Å²) in [7, 11) is 3.08. The minimum Gasteiger partial charge on any atom is -0.493 e. The molecule has 0 atom stereocenters. The molecule has 10 heteroatoms. The molecule has 3 aromatic rings. The number of hydrogen-bond donors (Lipinski definition) is 1. The second kappa shape index (κ2) is 10.7. The molecule has 34 heavy (non-hydrogen) atoms. The summed E-state index contributed by atoms with van der Waals surface area (Å²) >= 11 is 6.43. The van der Waals surface area contributed by atoms with Gasteiger partial charge in [0.05, 0.1) is 25.8 Å². The van der Waals surface area contributed by atoms with E-state index in [1.165, 1.54) is 20.0 Å². The Bertz CT molecular complexity index is 1160. The molecule has 2 aromatic heterocycles. The van der Waals surface area contributed by atoms with E-state index in [9.17, 15) is 4.79 Å². The van der Waals surface area contributed by atoms with Crippen LogP contribution in [0.3, 0.4) is 0 Å². The zero-order valence-electron chi connectivity index (χ0n) is 19.0. The third-order valence-electron chi connectivity index (χ3n) is 5.75. The molecule has 0 radical (unpaired) electrons. The molecule has 1 aliphatic rings. The standard InChI is InChI=1S/C24H26ClN3O6/c1-31-19-12-15(10-17(25)22(19)33-9-5-8-21(29)30)23-27-24(34-28-23)16-11-18(14-6-3-4-7-14)26-20(13-16)32-2/h10-14H,3-9H2,1-2H3,(H,29,30). The van der Waals surface area contributed by atoms with Crippen molar-refractivity contribution in [2.45, 2.75) is 44.4 Å². The molecule has 2 heterocycles. The molecule has 0 aliphatic heterocycles. The van der Waals surface area contributed by atoms with Crippen LogP contribution < -0.4 is 14.2 Å². The van der Waals surface area contributed by atoms with Crippen molar-refractivity contribution in [3.8, 4) is 40.2 Å². The molecule has 180 valence electrons. The number of nitrogens with zero attached hydrogens (tertiary/aromatic N) is 3. The maximum absolute atomic E-state index is 10.7. The third kappa shape index (κ3) is 5.41. The van der Waals surface area contributed by atoms with Crippen LogP contribution in [0.2, 0.25) is 5.02 Å². The largest absolute Gasteiger partial charge is 0.493 e. The number of benzene rings is 1. The predicted molar refractivity (Wildman–Crippen MR) is 125 cm³/mol. The highest BCUT2D eigenvalue weighted by atomic mass is 35.5. The molecule has 0 spiro atoms.